The second kappa shape index (κ2) is 7.72. The van der Waals surface area contributed by atoms with Crippen LogP contribution in [0.25, 0.3) is 11.6 Å². The molecule has 33 heavy (non-hydrogen) atoms. The zero-order valence-corrected chi connectivity index (χ0v) is 18.5. The predicted molar refractivity (Wildman–Crippen MR) is 112 cm³/mol. The van der Waals surface area contributed by atoms with Gasteiger partial charge >= 0.3 is 5.97 Å². The fraction of sp³-hybridized carbons (Fsp3) is 0.478. The second-order valence-corrected chi connectivity index (χ2v) is 8.77. The van der Waals surface area contributed by atoms with Gasteiger partial charge in [0, 0.05) is 20.0 Å². The molecule has 0 unspecified atom stereocenters. The van der Waals surface area contributed by atoms with E-state index in [2.05, 4.69) is 21.3 Å². The first kappa shape index (κ1) is 21.7. The van der Waals surface area contributed by atoms with Gasteiger partial charge in [-0.15, -0.1) is 0 Å². The lowest BCUT2D eigenvalue weighted by Crippen LogP contribution is -2.53. The number of hydrogen-bond acceptors (Lipinski definition) is 7. The molecule has 0 spiro atoms. The molecule has 0 N–H and O–H groups in total. The van der Waals surface area contributed by atoms with Crippen molar-refractivity contribution in [3.63, 3.8) is 0 Å². The van der Waals surface area contributed by atoms with Crippen molar-refractivity contribution in [1.82, 2.24) is 19.9 Å². The van der Waals surface area contributed by atoms with Crippen LogP contribution in [0, 0.1) is 6.92 Å². The van der Waals surface area contributed by atoms with E-state index >= 15 is 0 Å². The highest BCUT2D eigenvalue weighted by atomic mass is 19.3. The quantitative estimate of drug-likeness (QED) is 0.491. The van der Waals surface area contributed by atoms with Crippen LogP contribution in [0.2, 0.25) is 0 Å². The van der Waals surface area contributed by atoms with Crippen LogP contribution in [-0.2, 0) is 19.7 Å². The molecule has 2 heterocycles. The summed E-state index contributed by atoms with van der Waals surface area (Å²) < 4.78 is 44.2. The molecule has 2 aromatic heterocycles. The third-order valence-electron chi connectivity index (χ3n) is 6.89. The Morgan fingerprint density at radius 3 is 2.58 bits per heavy atom. The monoisotopic (exact) mass is 458 g/mol. The van der Waals surface area contributed by atoms with Gasteiger partial charge in [0.1, 0.15) is 11.4 Å². The van der Waals surface area contributed by atoms with E-state index in [-0.39, 0.29) is 30.2 Å². The molecule has 2 fully saturated rings. The molecule has 0 saturated heterocycles. The highest BCUT2D eigenvalue weighted by molar-refractivity contribution is 5.81. The van der Waals surface area contributed by atoms with Crippen LogP contribution in [-0.4, -0.2) is 45.7 Å². The molecule has 2 saturated carbocycles. The average molecular weight is 458 g/mol. The van der Waals surface area contributed by atoms with Crippen molar-refractivity contribution in [3.8, 4) is 11.6 Å². The number of carbonyl (C=O) groups excluding carboxylic acids is 1. The van der Waals surface area contributed by atoms with Crippen LogP contribution in [0.4, 0.5) is 8.78 Å². The molecule has 1 aromatic carbocycles. The minimum Gasteiger partial charge on any atom is -0.467 e. The molecular formula is C23H24F2N4O4. The fourth-order valence-corrected chi connectivity index (χ4v) is 4.81. The number of aryl methyl sites for hydroxylation is 1. The molecule has 0 bridgehead atoms. The Bertz CT molecular complexity index is 1190. The van der Waals surface area contributed by atoms with Crippen molar-refractivity contribution in [1.29, 1.82) is 0 Å². The van der Waals surface area contributed by atoms with Crippen molar-refractivity contribution >= 4 is 5.97 Å². The van der Waals surface area contributed by atoms with Crippen molar-refractivity contribution in [3.05, 3.63) is 53.0 Å². The summed E-state index contributed by atoms with van der Waals surface area (Å²) in [6, 6.07) is 8.97. The summed E-state index contributed by atoms with van der Waals surface area (Å²) in [4.78, 5) is 16.7. The zero-order chi connectivity index (χ0) is 23.4. The Labute approximate surface area is 188 Å². The minimum atomic E-state index is -2.76. The summed E-state index contributed by atoms with van der Waals surface area (Å²) >= 11 is 0. The van der Waals surface area contributed by atoms with Crippen LogP contribution in [0.1, 0.15) is 60.8 Å². The predicted octanol–water partition coefficient (Wildman–Crippen LogP) is 4.15. The van der Waals surface area contributed by atoms with Gasteiger partial charge in [0.25, 0.3) is 12.3 Å². The third-order valence-corrected chi connectivity index (χ3v) is 6.89. The molecule has 0 aliphatic heterocycles. The van der Waals surface area contributed by atoms with Gasteiger partial charge < -0.3 is 14.0 Å². The number of aromatic nitrogens is 4. The van der Waals surface area contributed by atoms with E-state index < -0.39 is 23.7 Å². The first-order valence-electron chi connectivity index (χ1n) is 10.8. The summed E-state index contributed by atoms with van der Waals surface area (Å²) in [5, 5.41) is 8.30. The van der Waals surface area contributed by atoms with Gasteiger partial charge in [-0.05, 0) is 37.0 Å². The standard InChI is InChI=1S/C23H24F2N4O4/c1-13-6-4-5-7-15(13)22(8-9-22)20-26-19(33-28-20)17-10-16(18(24)25)27-29(17)14-11-23(12-14,32-3)21(30)31-2/h4-7,10,14,18H,8-9,11-12H2,1-3H3. The average Bonchev–Trinajstić information content (AvgIpc) is 3.22. The van der Waals surface area contributed by atoms with E-state index in [0.717, 1.165) is 24.0 Å². The molecule has 3 aromatic rings. The minimum absolute atomic E-state index is 0.122. The molecule has 0 amide bonds. The van der Waals surface area contributed by atoms with E-state index in [4.69, 9.17) is 14.0 Å². The number of ether oxygens (including phenoxy) is 2. The van der Waals surface area contributed by atoms with Gasteiger partial charge in [-0.2, -0.15) is 10.1 Å². The van der Waals surface area contributed by atoms with Crippen LogP contribution < -0.4 is 0 Å². The lowest BCUT2D eigenvalue weighted by molar-refractivity contribution is -0.183. The van der Waals surface area contributed by atoms with Crippen molar-refractivity contribution in [2.75, 3.05) is 14.2 Å². The van der Waals surface area contributed by atoms with Crippen LogP contribution in [0.5, 0.6) is 0 Å². The number of nitrogens with zero attached hydrogens (tertiary/aromatic N) is 4. The van der Waals surface area contributed by atoms with Gasteiger partial charge in [0.15, 0.2) is 11.4 Å². The summed E-state index contributed by atoms with van der Waals surface area (Å²) in [6.07, 6.45) is -0.516. The molecule has 2 aliphatic carbocycles. The summed E-state index contributed by atoms with van der Waals surface area (Å²) in [5.74, 6) is 0.155. The molecule has 2 aliphatic rings. The maximum Gasteiger partial charge on any atom is 0.338 e. The molecule has 0 radical (unpaired) electrons. The number of esters is 1. The van der Waals surface area contributed by atoms with Gasteiger partial charge in [-0.25, -0.2) is 13.6 Å². The van der Waals surface area contributed by atoms with E-state index in [1.54, 1.807) is 0 Å². The Balaban J connectivity index is 1.48. The smallest absolute Gasteiger partial charge is 0.338 e. The van der Waals surface area contributed by atoms with E-state index in [1.807, 2.05) is 25.1 Å². The number of hydrogen-bond donors (Lipinski definition) is 0. The normalized spacial score (nSPS) is 23.4. The molecule has 8 nitrogen and oxygen atoms in total. The molecular weight excluding hydrogens is 434 g/mol. The largest absolute Gasteiger partial charge is 0.467 e. The second-order valence-electron chi connectivity index (χ2n) is 8.77. The molecule has 5 rings (SSSR count). The number of rotatable bonds is 7. The van der Waals surface area contributed by atoms with Crippen LogP contribution in [0.15, 0.2) is 34.9 Å². The number of alkyl halides is 2. The SMILES string of the molecule is COC(=O)C1(OC)CC(n2nc(C(F)F)cc2-c2nc(C3(c4ccccc4C)CC3)no2)C1. The Morgan fingerprint density at radius 2 is 1.97 bits per heavy atom. The lowest BCUT2D eigenvalue weighted by atomic mass is 9.75. The number of halogens is 2. The first-order valence-corrected chi connectivity index (χ1v) is 10.8. The van der Waals surface area contributed by atoms with Gasteiger partial charge in [0.05, 0.1) is 18.6 Å². The Kier molecular flexibility index (Phi) is 5.08. The highest BCUT2D eigenvalue weighted by Gasteiger charge is 2.54. The van der Waals surface area contributed by atoms with Gasteiger partial charge in [-0.3, -0.25) is 4.68 Å². The zero-order valence-electron chi connectivity index (χ0n) is 18.5. The maximum absolute atomic E-state index is 13.5. The fourth-order valence-electron chi connectivity index (χ4n) is 4.81. The third kappa shape index (κ3) is 3.35. The van der Waals surface area contributed by atoms with E-state index in [0.29, 0.717) is 11.5 Å². The van der Waals surface area contributed by atoms with Crippen molar-refractivity contribution < 1.29 is 27.6 Å². The van der Waals surface area contributed by atoms with Crippen molar-refractivity contribution in [2.24, 2.45) is 0 Å². The maximum atomic E-state index is 13.5. The molecule has 174 valence electrons. The number of methoxy groups -OCH3 is 2. The lowest BCUT2D eigenvalue weighted by Gasteiger charge is -2.43. The Morgan fingerprint density at radius 1 is 1.24 bits per heavy atom. The number of benzene rings is 1. The number of carbonyl (C=O) groups is 1. The first-order chi connectivity index (χ1) is 15.8. The summed E-state index contributed by atoms with van der Waals surface area (Å²) in [7, 11) is 2.71. The van der Waals surface area contributed by atoms with Gasteiger partial charge in [0.2, 0.25) is 0 Å². The molecule has 10 heteroatoms. The van der Waals surface area contributed by atoms with E-state index in [9.17, 15) is 13.6 Å². The molecule has 0 atom stereocenters. The summed E-state index contributed by atoms with van der Waals surface area (Å²) in [6.45, 7) is 2.04. The van der Waals surface area contributed by atoms with Crippen molar-refractivity contribution in [2.45, 2.75) is 56.1 Å². The Hall–Kier alpha value is -3.14. The topological polar surface area (TPSA) is 92.3 Å². The van der Waals surface area contributed by atoms with Gasteiger partial charge in [-0.1, -0.05) is 29.4 Å². The van der Waals surface area contributed by atoms with Crippen LogP contribution >= 0.6 is 0 Å². The summed E-state index contributed by atoms with van der Waals surface area (Å²) in [5.41, 5.74) is 0.745. The van der Waals surface area contributed by atoms with E-state index in [1.165, 1.54) is 25.0 Å². The highest BCUT2D eigenvalue weighted by Crippen LogP contribution is 2.53. The van der Waals surface area contributed by atoms with Crippen LogP contribution in [0.3, 0.4) is 0 Å².